The van der Waals surface area contributed by atoms with Crippen molar-refractivity contribution in [1.82, 2.24) is 0 Å². The molecule has 0 spiro atoms. The molecule has 7 nitrogen and oxygen atoms in total. The molecule has 0 unspecified atom stereocenters. The third-order valence-corrected chi connectivity index (χ3v) is 4.18. The molecule has 3 rings (SSSR count). The van der Waals surface area contributed by atoms with Crippen LogP contribution < -0.4 is 0 Å². The molecular formula is C18H24O7. The van der Waals surface area contributed by atoms with Crippen LogP contribution in [0.3, 0.4) is 0 Å². The zero-order valence-corrected chi connectivity index (χ0v) is 14.6. The number of benzene rings is 1. The molecule has 1 N–H and O–H groups in total. The van der Waals surface area contributed by atoms with Crippen LogP contribution in [0.2, 0.25) is 0 Å². The van der Waals surface area contributed by atoms with Gasteiger partial charge in [0.25, 0.3) is 0 Å². The van der Waals surface area contributed by atoms with Gasteiger partial charge in [-0.2, -0.15) is 0 Å². The summed E-state index contributed by atoms with van der Waals surface area (Å²) in [7, 11) is 0. The van der Waals surface area contributed by atoms with Crippen LogP contribution in [0.15, 0.2) is 30.3 Å². The number of ether oxygens (including phenoxy) is 5. The van der Waals surface area contributed by atoms with Gasteiger partial charge < -0.3 is 28.8 Å². The molecule has 2 heterocycles. The summed E-state index contributed by atoms with van der Waals surface area (Å²) >= 11 is 0. The molecule has 1 aromatic rings. The summed E-state index contributed by atoms with van der Waals surface area (Å²) in [5, 5.41) is 9.61. The maximum Gasteiger partial charge on any atom is 0.303 e. The van der Waals surface area contributed by atoms with Crippen LogP contribution in [0.5, 0.6) is 0 Å². The molecule has 0 aromatic heterocycles. The number of hydrogen-bond donors (Lipinski definition) is 1. The maximum absolute atomic E-state index is 11.3. The summed E-state index contributed by atoms with van der Waals surface area (Å²) in [4.78, 5) is 11.3. The Bertz CT molecular complexity index is 588. The van der Waals surface area contributed by atoms with Gasteiger partial charge in [-0.15, -0.1) is 0 Å². The Morgan fingerprint density at radius 2 is 2.00 bits per heavy atom. The quantitative estimate of drug-likeness (QED) is 0.774. The van der Waals surface area contributed by atoms with Crippen molar-refractivity contribution in [3.63, 3.8) is 0 Å². The minimum absolute atomic E-state index is 0.344. The molecule has 1 aromatic carbocycles. The molecule has 2 fully saturated rings. The fourth-order valence-corrected chi connectivity index (χ4v) is 3.18. The van der Waals surface area contributed by atoms with E-state index in [1.54, 1.807) is 13.8 Å². The monoisotopic (exact) mass is 352 g/mol. The first kappa shape index (κ1) is 18.3. The number of carbonyl (C=O) groups is 1. The Kier molecular flexibility index (Phi) is 5.41. The number of rotatable bonds is 6. The van der Waals surface area contributed by atoms with Gasteiger partial charge in [0.05, 0.1) is 13.2 Å². The van der Waals surface area contributed by atoms with Gasteiger partial charge in [-0.1, -0.05) is 30.3 Å². The van der Waals surface area contributed by atoms with Gasteiger partial charge in [0.2, 0.25) is 0 Å². The van der Waals surface area contributed by atoms with Crippen LogP contribution in [0, 0.1) is 0 Å². The van der Waals surface area contributed by atoms with E-state index < -0.39 is 42.5 Å². The normalized spacial score (nSPS) is 31.5. The Labute approximate surface area is 146 Å². The minimum Gasteiger partial charge on any atom is -0.457 e. The molecule has 0 aliphatic carbocycles. The molecule has 0 bridgehead atoms. The van der Waals surface area contributed by atoms with Crippen molar-refractivity contribution < 1.29 is 33.6 Å². The van der Waals surface area contributed by atoms with Crippen LogP contribution in [0.4, 0.5) is 0 Å². The second-order valence-electron chi connectivity index (χ2n) is 6.66. The highest BCUT2D eigenvalue weighted by atomic mass is 16.8. The number of aliphatic hydroxyl groups is 1. The van der Waals surface area contributed by atoms with Crippen molar-refractivity contribution in [3.05, 3.63) is 35.9 Å². The Morgan fingerprint density at radius 3 is 2.64 bits per heavy atom. The smallest absolute Gasteiger partial charge is 0.303 e. The van der Waals surface area contributed by atoms with Crippen molar-refractivity contribution in [2.45, 2.75) is 63.9 Å². The molecule has 2 aliphatic heterocycles. The topological polar surface area (TPSA) is 83.5 Å². The lowest BCUT2D eigenvalue weighted by Gasteiger charge is -2.29. The first-order chi connectivity index (χ1) is 11.9. The van der Waals surface area contributed by atoms with E-state index in [1.807, 2.05) is 30.3 Å². The van der Waals surface area contributed by atoms with Crippen molar-refractivity contribution in [2.75, 3.05) is 6.61 Å². The maximum atomic E-state index is 11.3. The molecule has 2 saturated heterocycles. The molecule has 25 heavy (non-hydrogen) atoms. The van der Waals surface area contributed by atoms with E-state index in [4.69, 9.17) is 23.7 Å². The van der Waals surface area contributed by atoms with Gasteiger partial charge in [-0.05, 0) is 19.4 Å². The zero-order chi connectivity index (χ0) is 18.0. The minimum atomic E-state index is -0.848. The van der Waals surface area contributed by atoms with Crippen LogP contribution in [0.1, 0.15) is 26.3 Å². The number of hydrogen-bond acceptors (Lipinski definition) is 7. The first-order valence-corrected chi connectivity index (χ1v) is 8.34. The molecule has 2 aliphatic rings. The lowest BCUT2D eigenvalue weighted by Crippen LogP contribution is -2.45. The summed E-state index contributed by atoms with van der Waals surface area (Å²) in [6.45, 7) is 4.85. The van der Waals surface area contributed by atoms with E-state index in [2.05, 4.69) is 0 Å². The second kappa shape index (κ2) is 7.39. The van der Waals surface area contributed by atoms with Gasteiger partial charge in [-0.3, -0.25) is 4.79 Å². The van der Waals surface area contributed by atoms with E-state index in [0.717, 1.165) is 5.56 Å². The fraction of sp³-hybridized carbons (Fsp3) is 0.611. The van der Waals surface area contributed by atoms with E-state index in [1.165, 1.54) is 6.92 Å². The Balaban J connectivity index is 1.75. The van der Waals surface area contributed by atoms with Crippen molar-refractivity contribution in [1.29, 1.82) is 0 Å². The van der Waals surface area contributed by atoms with Crippen molar-refractivity contribution >= 4 is 5.97 Å². The van der Waals surface area contributed by atoms with Crippen molar-refractivity contribution in [2.24, 2.45) is 0 Å². The van der Waals surface area contributed by atoms with E-state index in [-0.39, 0.29) is 6.61 Å². The average molecular weight is 352 g/mol. The first-order valence-electron chi connectivity index (χ1n) is 8.34. The average Bonchev–Trinajstić information content (AvgIpc) is 3.03. The third kappa shape index (κ3) is 4.19. The predicted molar refractivity (Wildman–Crippen MR) is 86.4 cm³/mol. The van der Waals surface area contributed by atoms with Gasteiger partial charge in [0.1, 0.15) is 18.3 Å². The van der Waals surface area contributed by atoms with Crippen molar-refractivity contribution in [3.8, 4) is 0 Å². The largest absolute Gasteiger partial charge is 0.457 e. The molecule has 7 heteroatoms. The molecule has 0 saturated carbocycles. The molecule has 0 radical (unpaired) electrons. The van der Waals surface area contributed by atoms with E-state index in [0.29, 0.717) is 6.61 Å². The van der Waals surface area contributed by atoms with Gasteiger partial charge in [0.15, 0.2) is 18.2 Å². The highest BCUT2D eigenvalue weighted by Gasteiger charge is 2.57. The molecule has 5 atom stereocenters. The standard InChI is InChI=1S/C18H24O7/c1-11(20)22-13(9-19)14-15(21-10-12-7-5-4-6-8-12)16-17(23-14)25-18(2,3)24-16/h4-8,13-17,19H,9-10H2,1-3H3/t13-,14-,15+,16-,17-/m1/s1. The third-order valence-electron chi connectivity index (χ3n) is 4.18. The van der Waals surface area contributed by atoms with Gasteiger partial charge in [-0.25, -0.2) is 0 Å². The molecule has 138 valence electrons. The summed E-state index contributed by atoms with van der Waals surface area (Å²) in [5.74, 6) is -1.28. The highest BCUT2D eigenvalue weighted by Crippen LogP contribution is 2.40. The SMILES string of the molecule is CC(=O)O[C@H](CO)[C@H]1O[C@@H]2OC(C)(C)O[C@@H]2[C@H]1OCc1ccccc1. The summed E-state index contributed by atoms with van der Waals surface area (Å²) in [6, 6.07) is 9.69. The van der Waals surface area contributed by atoms with Crippen LogP contribution in [-0.2, 0) is 35.1 Å². The number of esters is 1. The van der Waals surface area contributed by atoms with Crippen LogP contribution >= 0.6 is 0 Å². The van der Waals surface area contributed by atoms with E-state index >= 15 is 0 Å². The lowest BCUT2D eigenvalue weighted by molar-refractivity contribution is -0.235. The number of aliphatic hydroxyl groups excluding tert-OH is 1. The summed E-state index contributed by atoms with van der Waals surface area (Å²) in [6.07, 6.45) is -3.16. The molecule has 0 amide bonds. The van der Waals surface area contributed by atoms with Crippen LogP contribution in [-0.4, -0.2) is 54.2 Å². The lowest BCUT2D eigenvalue weighted by atomic mass is 10.1. The van der Waals surface area contributed by atoms with Gasteiger partial charge in [0, 0.05) is 6.92 Å². The Morgan fingerprint density at radius 1 is 1.28 bits per heavy atom. The fourth-order valence-electron chi connectivity index (χ4n) is 3.18. The Hall–Kier alpha value is -1.51. The van der Waals surface area contributed by atoms with Crippen LogP contribution in [0.25, 0.3) is 0 Å². The zero-order valence-electron chi connectivity index (χ0n) is 14.6. The number of fused-ring (bicyclic) bond motifs is 1. The summed E-state index contributed by atoms with van der Waals surface area (Å²) < 4.78 is 28.7. The summed E-state index contributed by atoms with van der Waals surface area (Å²) in [5.41, 5.74) is 0.996. The predicted octanol–water partition coefficient (Wildman–Crippen LogP) is 1.37. The second-order valence-corrected chi connectivity index (χ2v) is 6.66. The van der Waals surface area contributed by atoms with E-state index in [9.17, 15) is 9.90 Å². The van der Waals surface area contributed by atoms with Gasteiger partial charge >= 0.3 is 5.97 Å². The molecular weight excluding hydrogens is 328 g/mol. The number of carbonyl (C=O) groups excluding carboxylic acids is 1. The highest BCUT2D eigenvalue weighted by molar-refractivity contribution is 5.66.